The molecule has 0 aromatic heterocycles. The lowest BCUT2D eigenvalue weighted by Gasteiger charge is -2.26. The quantitative estimate of drug-likeness (QED) is 0.557. The smallest absolute Gasteiger partial charge is 0.273 e. The first-order valence-corrected chi connectivity index (χ1v) is 8.81. The Bertz CT molecular complexity index is 972. The second kappa shape index (κ2) is 8.51. The largest absolute Gasteiger partial charge is 0.500 e. The van der Waals surface area contributed by atoms with Gasteiger partial charge in [0.05, 0.1) is 25.1 Å². The maximum atomic E-state index is 12.4. The molecule has 1 heterocycles. The van der Waals surface area contributed by atoms with Crippen LogP contribution in [0.2, 0.25) is 0 Å². The molecule has 29 heavy (non-hydrogen) atoms. The van der Waals surface area contributed by atoms with E-state index < -0.39 is 4.92 Å². The molecule has 1 aliphatic carbocycles. The Morgan fingerprint density at radius 2 is 1.93 bits per heavy atom. The molecule has 0 saturated carbocycles. The van der Waals surface area contributed by atoms with E-state index in [0.29, 0.717) is 28.4 Å². The highest BCUT2D eigenvalue weighted by atomic mass is 16.6. The third-order valence-corrected chi connectivity index (χ3v) is 4.59. The molecule has 0 fully saturated rings. The SMILES string of the molecule is COC1=CC=C(OC)C2C=C(CCNC(=O)c3ccc([N+](=O)[O-])cc3)C(=O)N=C12. The predicted molar refractivity (Wildman–Crippen MR) is 104 cm³/mol. The van der Waals surface area contributed by atoms with E-state index >= 15 is 0 Å². The molecule has 0 bridgehead atoms. The standard InChI is InChI=1S/C20H19N3O6/c1-28-16-7-8-17(29-2)18-15(16)11-13(20(25)22-18)9-10-21-19(24)12-3-5-14(6-4-12)23(26)27/h3-8,11,15H,9-10H2,1-2H3,(H,21,24). The van der Waals surface area contributed by atoms with Crippen molar-refractivity contribution in [3.05, 3.63) is 75.3 Å². The third kappa shape index (κ3) is 4.23. The van der Waals surface area contributed by atoms with Gasteiger partial charge in [0.2, 0.25) is 0 Å². The van der Waals surface area contributed by atoms with E-state index in [0.717, 1.165) is 0 Å². The molecule has 3 rings (SSSR count). The number of nitro groups is 1. The fourth-order valence-electron chi connectivity index (χ4n) is 3.08. The van der Waals surface area contributed by atoms with Crippen LogP contribution in [0.25, 0.3) is 0 Å². The Balaban J connectivity index is 1.64. The molecule has 0 saturated heterocycles. The molecule has 9 heteroatoms. The van der Waals surface area contributed by atoms with E-state index in [-0.39, 0.29) is 36.4 Å². The van der Waals surface area contributed by atoms with Crippen molar-refractivity contribution in [1.82, 2.24) is 5.32 Å². The zero-order valence-electron chi connectivity index (χ0n) is 15.9. The van der Waals surface area contributed by atoms with Gasteiger partial charge >= 0.3 is 0 Å². The van der Waals surface area contributed by atoms with E-state index in [1.54, 1.807) is 25.3 Å². The molecule has 1 N–H and O–H groups in total. The number of dihydropyridines is 1. The van der Waals surface area contributed by atoms with Gasteiger partial charge in [-0.1, -0.05) is 6.08 Å². The van der Waals surface area contributed by atoms with E-state index in [4.69, 9.17) is 9.47 Å². The molecule has 0 radical (unpaired) electrons. The van der Waals surface area contributed by atoms with Gasteiger partial charge in [-0.15, -0.1) is 0 Å². The number of rotatable bonds is 7. The average Bonchev–Trinajstić information content (AvgIpc) is 2.73. The van der Waals surface area contributed by atoms with Crippen molar-refractivity contribution >= 4 is 23.2 Å². The molecule has 0 spiro atoms. The van der Waals surface area contributed by atoms with Gasteiger partial charge in [0.15, 0.2) is 0 Å². The molecular weight excluding hydrogens is 378 g/mol. The summed E-state index contributed by atoms with van der Waals surface area (Å²) in [6.45, 7) is 0.212. The number of benzene rings is 1. The Morgan fingerprint density at radius 1 is 1.21 bits per heavy atom. The second-order valence-electron chi connectivity index (χ2n) is 6.29. The zero-order valence-corrected chi connectivity index (χ0v) is 15.9. The van der Waals surface area contributed by atoms with Gasteiger partial charge in [0.25, 0.3) is 17.5 Å². The number of hydrogen-bond donors (Lipinski definition) is 1. The molecular formula is C20H19N3O6. The number of allylic oxidation sites excluding steroid dienone is 4. The van der Waals surface area contributed by atoms with Gasteiger partial charge in [0, 0.05) is 29.8 Å². The summed E-state index contributed by atoms with van der Waals surface area (Å²) in [4.78, 5) is 38.9. The first-order valence-electron chi connectivity index (χ1n) is 8.81. The predicted octanol–water partition coefficient (Wildman–Crippen LogP) is 2.31. The number of methoxy groups -OCH3 is 2. The topological polar surface area (TPSA) is 120 Å². The van der Waals surface area contributed by atoms with Crippen LogP contribution >= 0.6 is 0 Å². The summed E-state index contributed by atoms with van der Waals surface area (Å²) in [5.74, 6) is 0.0576. The lowest BCUT2D eigenvalue weighted by atomic mass is 9.89. The second-order valence-corrected chi connectivity index (χ2v) is 6.29. The molecule has 1 aromatic rings. The van der Waals surface area contributed by atoms with Crippen LogP contribution in [-0.4, -0.2) is 43.2 Å². The number of carbonyl (C=O) groups is 2. The fourth-order valence-corrected chi connectivity index (χ4v) is 3.08. The van der Waals surface area contributed by atoms with Gasteiger partial charge in [0.1, 0.15) is 17.2 Å². The van der Waals surface area contributed by atoms with Crippen molar-refractivity contribution in [3.8, 4) is 0 Å². The zero-order chi connectivity index (χ0) is 21.0. The number of nitrogens with zero attached hydrogens (tertiary/aromatic N) is 2. The molecule has 2 aliphatic rings. The molecule has 1 unspecified atom stereocenters. The number of non-ortho nitro benzene ring substituents is 1. The summed E-state index contributed by atoms with van der Waals surface area (Å²) in [5, 5.41) is 13.4. The highest BCUT2D eigenvalue weighted by Crippen LogP contribution is 2.30. The summed E-state index contributed by atoms with van der Waals surface area (Å²) in [6.07, 6.45) is 5.52. The average molecular weight is 397 g/mol. The fraction of sp³-hybridized carbons (Fsp3) is 0.250. The highest BCUT2D eigenvalue weighted by molar-refractivity contribution is 6.15. The summed E-state index contributed by atoms with van der Waals surface area (Å²) >= 11 is 0. The number of nitrogens with one attached hydrogen (secondary N) is 1. The van der Waals surface area contributed by atoms with E-state index in [1.165, 1.54) is 31.4 Å². The van der Waals surface area contributed by atoms with Crippen molar-refractivity contribution in [1.29, 1.82) is 0 Å². The van der Waals surface area contributed by atoms with E-state index in [9.17, 15) is 19.7 Å². The van der Waals surface area contributed by atoms with E-state index in [2.05, 4.69) is 10.3 Å². The summed E-state index contributed by atoms with van der Waals surface area (Å²) in [5.41, 5.74) is 1.16. The van der Waals surface area contributed by atoms with Crippen LogP contribution in [0.15, 0.2) is 64.6 Å². The lowest BCUT2D eigenvalue weighted by Crippen LogP contribution is -2.30. The van der Waals surface area contributed by atoms with Gasteiger partial charge in [-0.25, -0.2) is 4.99 Å². The van der Waals surface area contributed by atoms with Crippen molar-refractivity contribution in [3.63, 3.8) is 0 Å². The first-order chi connectivity index (χ1) is 13.9. The van der Waals surface area contributed by atoms with Crippen LogP contribution in [0, 0.1) is 16.0 Å². The van der Waals surface area contributed by atoms with Crippen LogP contribution in [0.3, 0.4) is 0 Å². The number of hydrogen-bond acceptors (Lipinski definition) is 6. The Hall–Kier alpha value is -3.75. The molecule has 1 aliphatic heterocycles. The minimum absolute atomic E-state index is 0.0906. The molecule has 1 aromatic carbocycles. The molecule has 9 nitrogen and oxygen atoms in total. The molecule has 2 amide bonds. The third-order valence-electron chi connectivity index (χ3n) is 4.59. The van der Waals surface area contributed by atoms with Gasteiger partial charge < -0.3 is 14.8 Å². The van der Waals surface area contributed by atoms with Crippen LogP contribution in [-0.2, 0) is 14.3 Å². The van der Waals surface area contributed by atoms with E-state index in [1.807, 2.05) is 0 Å². The van der Waals surface area contributed by atoms with Gasteiger partial charge in [-0.05, 0) is 30.7 Å². The van der Waals surface area contributed by atoms with Crippen molar-refractivity contribution in [2.24, 2.45) is 10.9 Å². The van der Waals surface area contributed by atoms with Crippen molar-refractivity contribution in [2.75, 3.05) is 20.8 Å². The molecule has 1 atom stereocenters. The van der Waals surface area contributed by atoms with Crippen LogP contribution in [0.1, 0.15) is 16.8 Å². The summed E-state index contributed by atoms with van der Waals surface area (Å²) in [6, 6.07) is 5.29. The normalized spacial score (nSPS) is 17.9. The Labute approximate surface area is 166 Å². The summed E-state index contributed by atoms with van der Waals surface area (Å²) in [7, 11) is 3.05. The molecule has 150 valence electrons. The van der Waals surface area contributed by atoms with Gasteiger partial charge in [-0.2, -0.15) is 0 Å². The Kier molecular flexibility index (Phi) is 5.87. The van der Waals surface area contributed by atoms with Crippen molar-refractivity contribution in [2.45, 2.75) is 6.42 Å². The lowest BCUT2D eigenvalue weighted by molar-refractivity contribution is -0.384. The summed E-state index contributed by atoms with van der Waals surface area (Å²) < 4.78 is 10.6. The minimum Gasteiger partial charge on any atom is -0.500 e. The number of carbonyl (C=O) groups excluding carboxylic acids is 2. The monoisotopic (exact) mass is 397 g/mol. The number of aliphatic imine (C=N–C) groups is 1. The number of nitro benzene ring substituents is 1. The van der Waals surface area contributed by atoms with Crippen LogP contribution in [0.4, 0.5) is 5.69 Å². The maximum Gasteiger partial charge on any atom is 0.273 e. The Morgan fingerprint density at radius 3 is 2.55 bits per heavy atom. The van der Waals surface area contributed by atoms with Gasteiger partial charge in [-0.3, -0.25) is 19.7 Å². The highest BCUT2D eigenvalue weighted by Gasteiger charge is 2.32. The number of fused-ring (bicyclic) bond motifs is 1. The first kappa shape index (κ1) is 20.0. The van der Waals surface area contributed by atoms with Crippen LogP contribution < -0.4 is 5.32 Å². The maximum absolute atomic E-state index is 12.4. The number of ether oxygens (including phenoxy) is 2. The number of amides is 2. The minimum atomic E-state index is -0.532. The van der Waals surface area contributed by atoms with Crippen molar-refractivity contribution < 1.29 is 24.0 Å². The van der Waals surface area contributed by atoms with Crippen LogP contribution in [0.5, 0.6) is 0 Å².